The first-order chi connectivity index (χ1) is 14.7. The number of halogens is 3. The van der Waals surface area contributed by atoms with Crippen LogP contribution in [0.5, 0.6) is 5.75 Å². The molecule has 1 fully saturated rings. The van der Waals surface area contributed by atoms with Gasteiger partial charge in [0.2, 0.25) is 0 Å². The Morgan fingerprint density at radius 3 is 2.42 bits per heavy atom. The van der Waals surface area contributed by atoms with Crippen molar-refractivity contribution in [2.75, 3.05) is 29.9 Å². The highest BCUT2D eigenvalue weighted by molar-refractivity contribution is 6.39. The lowest BCUT2D eigenvalue weighted by atomic mass is 9.96. The van der Waals surface area contributed by atoms with E-state index in [4.69, 9.17) is 0 Å². The number of aryl methyl sites for hydroxylation is 1. The number of ether oxygens (including phenoxy) is 1. The van der Waals surface area contributed by atoms with Gasteiger partial charge in [-0.05, 0) is 62.1 Å². The first-order valence-corrected chi connectivity index (χ1v) is 9.82. The van der Waals surface area contributed by atoms with Crippen molar-refractivity contribution in [3.8, 4) is 5.75 Å². The van der Waals surface area contributed by atoms with Gasteiger partial charge in [-0.1, -0.05) is 0 Å². The number of alkyl halides is 3. The van der Waals surface area contributed by atoms with Crippen molar-refractivity contribution in [2.24, 2.45) is 5.92 Å². The molecule has 0 aliphatic carbocycles. The molecule has 10 heteroatoms. The molecule has 31 heavy (non-hydrogen) atoms. The maximum atomic E-state index is 12.2. The molecule has 166 valence electrons. The normalized spacial score (nSPS) is 14.8. The van der Waals surface area contributed by atoms with Crippen molar-refractivity contribution in [1.82, 2.24) is 10.3 Å². The number of carbonyl (C=O) groups excluding carboxylic acids is 2. The molecule has 0 spiro atoms. The molecule has 2 heterocycles. The molecular weight excluding hydrogens is 413 g/mol. The van der Waals surface area contributed by atoms with Crippen LogP contribution in [0.15, 0.2) is 42.6 Å². The number of benzene rings is 1. The lowest BCUT2D eigenvalue weighted by Gasteiger charge is -2.33. The second kappa shape index (κ2) is 9.67. The first kappa shape index (κ1) is 22.4. The van der Waals surface area contributed by atoms with Crippen molar-refractivity contribution < 1.29 is 27.5 Å². The Hall–Kier alpha value is -3.30. The van der Waals surface area contributed by atoms with Crippen molar-refractivity contribution in [3.05, 3.63) is 48.3 Å². The van der Waals surface area contributed by atoms with Crippen LogP contribution in [0.25, 0.3) is 0 Å². The van der Waals surface area contributed by atoms with Crippen LogP contribution in [0.3, 0.4) is 0 Å². The summed E-state index contributed by atoms with van der Waals surface area (Å²) in [5.74, 6) is -1.82. The van der Waals surface area contributed by atoms with E-state index in [1.807, 2.05) is 19.1 Å². The highest BCUT2D eigenvalue weighted by Crippen LogP contribution is 2.24. The number of anilines is 2. The van der Waals surface area contributed by atoms with E-state index >= 15 is 0 Å². The number of pyridine rings is 1. The molecule has 2 amide bonds. The Balaban J connectivity index is 1.41. The van der Waals surface area contributed by atoms with Gasteiger partial charge in [0, 0.05) is 42.9 Å². The zero-order valence-electron chi connectivity index (χ0n) is 16.9. The Kier molecular flexibility index (Phi) is 6.98. The van der Waals surface area contributed by atoms with Gasteiger partial charge >= 0.3 is 18.2 Å². The summed E-state index contributed by atoms with van der Waals surface area (Å²) in [6.07, 6.45) is -1.25. The predicted molar refractivity (Wildman–Crippen MR) is 109 cm³/mol. The molecule has 1 aliphatic rings. The maximum absolute atomic E-state index is 12.2. The van der Waals surface area contributed by atoms with E-state index in [1.54, 1.807) is 6.20 Å². The van der Waals surface area contributed by atoms with E-state index in [1.165, 1.54) is 12.1 Å². The Morgan fingerprint density at radius 1 is 1.13 bits per heavy atom. The van der Waals surface area contributed by atoms with Gasteiger partial charge < -0.3 is 20.3 Å². The lowest BCUT2D eigenvalue weighted by Crippen LogP contribution is -2.41. The fourth-order valence-electron chi connectivity index (χ4n) is 3.37. The number of carbonyl (C=O) groups is 2. The number of hydrogen-bond acceptors (Lipinski definition) is 5. The van der Waals surface area contributed by atoms with Crippen LogP contribution in [0.1, 0.15) is 18.5 Å². The van der Waals surface area contributed by atoms with Crippen molar-refractivity contribution in [3.63, 3.8) is 0 Å². The summed E-state index contributed by atoms with van der Waals surface area (Å²) >= 11 is 0. The summed E-state index contributed by atoms with van der Waals surface area (Å²) in [5, 5.41) is 4.98. The number of amides is 2. The molecule has 0 unspecified atom stereocenters. The number of piperidine rings is 1. The lowest BCUT2D eigenvalue weighted by molar-refractivity contribution is -0.274. The summed E-state index contributed by atoms with van der Waals surface area (Å²) in [5.41, 5.74) is 2.28. The standard InChI is InChI=1S/C21H23F3N4O3/c1-14-12-17(6-9-25-14)28-10-7-15(8-11-28)13-26-19(29)20(30)27-16-2-4-18(5-3-16)31-21(22,23)24/h2-6,9,12,15H,7-8,10-11,13H2,1H3,(H,26,29)(H,27,30). The molecule has 1 aromatic heterocycles. The molecule has 2 aromatic rings. The third-order valence-corrected chi connectivity index (χ3v) is 4.96. The number of nitrogens with zero attached hydrogens (tertiary/aromatic N) is 2. The Morgan fingerprint density at radius 2 is 1.81 bits per heavy atom. The van der Waals surface area contributed by atoms with Gasteiger partial charge in [-0.15, -0.1) is 13.2 Å². The molecule has 1 saturated heterocycles. The summed E-state index contributed by atoms with van der Waals surface area (Å²) in [6.45, 7) is 4.03. The van der Waals surface area contributed by atoms with Gasteiger partial charge in [-0.2, -0.15) is 0 Å². The fourth-order valence-corrected chi connectivity index (χ4v) is 3.37. The van der Waals surface area contributed by atoms with Crippen LogP contribution >= 0.6 is 0 Å². The highest BCUT2D eigenvalue weighted by Gasteiger charge is 2.31. The fraction of sp³-hybridized carbons (Fsp3) is 0.381. The molecule has 0 bridgehead atoms. The summed E-state index contributed by atoms with van der Waals surface area (Å²) in [4.78, 5) is 30.5. The molecule has 2 N–H and O–H groups in total. The van der Waals surface area contributed by atoms with Gasteiger partial charge in [0.15, 0.2) is 0 Å². The van der Waals surface area contributed by atoms with Crippen LogP contribution in [-0.4, -0.2) is 42.8 Å². The summed E-state index contributed by atoms with van der Waals surface area (Å²) < 4.78 is 40.3. The molecule has 1 aliphatic heterocycles. The monoisotopic (exact) mass is 436 g/mol. The minimum Gasteiger partial charge on any atom is -0.406 e. The van der Waals surface area contributed by atoms with Gasteiger partial charge in [-0.25, -0.2) is 0 Å². The molecule has 0 saturated carbocycles. The van der Waals surface area contributed by atoms with E-state index in [0.29, 0.717) is 6.54 Å². The highest BCUT2D eigenvalue weighted by atomic mass is 19.4. The molecule has 3 rings (SSSR count). The number of rotatable bonds is 5. The number of hydrogen-bond donors (Lipinski definition) is 2. The Labute approximate surface area is 177 Å². The van der Waals surface area contributed by atoms with Crippen molar-refractivity contribution in [2.45, 2.75) is 26.1 Å². The number of nitrogens with one attached hydrogen (secondary N) is 2. The van der Waals surface area contributed by atoms with Crippen molar-refractivity contribution >= 4 is 23.2 Å². The summed E-state index contributed by atoms with van der Waals surface area (Å²) in [7, 11) is 0. The van der Waals surface area contributed by atoms with E-state index in [2.05, 4.69) is 25.3 Å². The van der Waals surface area contributed by atoms with Crippen LogP contribution in [0.2, 0.25) is 0 Å². The third-order valence-electron chi connectivity index (χ3n) is 4.96. The van der Waals surface area contributed by atoms with Crippen LogP contribution in [0.4, 0.5) is 24.5 Å². The third kappa shape index (κ3) is 6.87. The Bertz CT molecular complexity index is 911. The smallest absolute Gasteiger partial charge is 0.406 e. The van der Waals surface area contributed by atoms with E-state index in [9.17, 15) is 22.8 Å². The van der Waals surface area contributed by atoms with Crippen LogP contribution in [0, 0.1) is 12.8 Å². The molecule has 0 atom stereocenters. The second-order valence-corrected chi connectivity index (χ2v) is 7.32. The average molecular weight is 436 g/mol. The zero-order chi connectivity index (χ0) is 22.4. The quantitative estimate of drug-likeness (QED) is 0.703. The van der Waals surface area contributed by atoms with Crippen LogP contribution in [-0.2, 0) is 9.59 Å². The molecule has 0 radical (unpaired) electrons. The van der Waals surface area contributed by atoms with Crippen LogP contribution < -0.4 is 20.3 Å². The van der Waals surface area contributed by atoms with Gasteiger partial charge in [0.05, 0.1) is 0 Å². The number of aromatic nitrogens is 1. The minimum atomic E-state index is -4.79. The second-order valence-electron chi connectivity index (χ2n) is 7.32. The van der Waals surface area contributed by atoms with E-state index in [0.717, 1.165) is 49.4 Å². The average Bonchev–Trinajstić information content (AvgIpc) is 2.72. The van der Waals surface area contributed by atoms with Gasteiger partial charge in [0.1, 0.15) is 5.75 Å². The van der Waals surface area contributed by atoms with Crippen molar-refractivity contribution in [1.29, 1.82) is 0 Å². The van der Waals surface area contributed by atoms with E-state index in [-0.39, 0.29) is 11.6 Å². The van der Waals surface area contributed by atoms with Gasteiger partial charge in [-0.3, -0.25) is 14.6 Å². The molecule has 1 aromatic carbocycles. The SMILES string of the molecule is Cc1cc(N2CCC(CNC(=O)C(=O)Nc3ccc(OC(F)(F)F)cc3)CC2)ccn1. The maximum Gasteiger partial charge on any atom is 0.573 e. The molecular formula is C21H23F3N4O3. The molecule has 7 nitrogen and oxygen atoms in total. The topological polar surface area (TPSA) is 83.6 Å². The van der Waals surface area contributed by atoms with E-state index < -0.39 is 23.9 Å². The largest absolute Gasteiger partial charge is 0.573 e. The summed E-state index contributed by atoms with van der Waals surface area (Å²) in [6, 6.07) is 8.57. The minimum absolute atomic E-state index is 0.190. The van der Waals surface area contributed by atoms with Gasteiger partial charge in [0.25, 0.3) is 0 Å². The zero-order valence-corrected chi connectivity index (χ0v) is 16.9. The predicted octanol–water partition coefficient (Wildman–Crippen LogP) is 3.26. The first-order valence-electron chi connectivity index (χ1n) is 9.82.